The van der Waals surface area contributed by atoms with Crippen molar-refractivity contribution in [2.45, 2.75) is 45.2 Å². The summed E-state index contributed by atoms with van der Waals surface area (Å²) in [5.74, 6) is -0.474. The van der Waals surface area contributed by atoms with E-state index >= 15 is 0 Å². The molecule has 0 bridgehead atoms. The fourth-order valence-corrected chi connectivity index (χ4v) is 3.52. The van der Waals surface area contributed by atoms with Crippen LogP contribution in [0.25, 0.3) is 0 Å². The summed E-state index contributed by atoms with van der Waals surface area (Å²) in [5, 5.41) is 6.53. The van der Waals surface area contributed by atoms with Gasteiger partial charge in [0.25, 0.3) is 5.91 Å². The molecule has 2 amide bonds. The summed E-state index contributed by atoms with van der Waals surface area (Å²) in [6.07, 6.45) is 1.51. The Morgan fingerprint density at radius 2 is 1.92 bits per heavy atom. The molecule has 2 N–H and O–H groups in total. The lowest BCUT2D eigenvalue weighted by Gasteiger charge is -2.46. The van der Waals surface area contributed by atoms with Gasteiger partial charge in [-0.1, -0.05) is 11.6 Å². The summed E-state index contributed by atoms with van der Waals surface area (Å²) in [4.78, 5) is 37.9. The van der Waals surface area contributed by atoms with Crippen molar-refractivity contribution in [2.24, 2.45) is 0 Å². The largest absolute Gasteiger partial charge is 0.466 e. The number of carbonyl (C=O) groups is 3. The zero-order valence-electron chi connectivity index (χ0n) is 15.3. The molecule has 7 heteroatoms. The topological polar surface area (TPSA) is 87.7 Å². The fraction of sp³-hybridized carbons (Fsp3) is 0.526. The maximum absolute atomic E-state index is 12.5. The third kappa shape index (κ3) is 3.81. The van der Waals surface area contributed by atoms with Crippen molar-refractivity contribution < 1.29 is 19.1 Å². The molecule has 0 saturated carbocycles. The quantitative estimate of drug-likeness (QED) is 0.801. The van der Waals surface area contributed by atoms with E-state index < -0.39 is 5.66 Å². The molecule has 0 aromatic heterocycles. The first-order valence-corrected chi connectivity index (χ1v) is 9.07. The predicted octanol–water partition coefficient (Wildman–Crippen LogP) is 1.81. The highest BCUT2D eigenvalue weighted by molar-refractivity contribution is 6.02. The predicted molar refractivity (Wildman–Crippen MR) is 96.7 cm³/mol. The number of benzene rings is 1. The van der Waals surface area contributed by atoms with Crippen LogP contribution in [0.2, 0.25) is 0 Å². The van der Waals surface area contributed by atoms with E-state index in [1.54, 1.807) is 11.8 Å². The molecular formula is C19H25N3O4. The minimum Gasteiger partial charge on any atom is -0.466 e. The Hall–Kier alpha value is -2.57. The van der Waals surface area contributed by atoms with Gasteiger partial charge in [-0.15, -0.1) is 0 Å². The second-order valence-corrected chi connectivity index (χ2v) is 6.90. The van der Waals surface area contributed by atoms with Crippen molar-refractivity contribution in [3.63, 3.8) is 0 Å². The molecule has 0 radical (unpaired) electrons. The van der Waals surface area contributed by atoms with Crippen LogP contribution in [-0.4, -0.2) is 48.0 Å². The van der Waals surface area contributed by atoms with Crippen molar-refractivity contribution in [1.29, 1.82) is 0 Å². The zero-order chi connectivity index (χ0) is 18.7. The lowest BCUT2D eigenvalue weighted by molar-refractivity contribution is -0.146. The SMILES string of the molecule is CCOC(=O)CCC(=O)N1CCC2(CC1)NC(=O)c1cc(C)ccc1N2. The molecule has 140 valence electrons. The number of carbonyl (C=O) groups excluding carboxylic acids is 3. The molecule has 0 unspecified atom stereocenters. The van der Waals surface area contributed by atoms with Gasteiger partial charge in [-0.25, -0.2) is 0 Å². The van der Waals surface area contributed by atoms with Crippen LogP contribution in [0.3, 0.4) is 0 Å². The van der Waals surface area contributed by atoms with Crippen molar-refractivity contribution in [1.82, 2.24) is 10.2 Å². The van der Waals surface area contributed by atoms with Crippen LogP contribution in [0.1, 0.15) is 48.5 Å². The number of anilines is 1. The summed E-state index contributed by atoms with van der Waals surface area (Å²) in [5.41, 5.74) is 2.01. The van der Waals surface area contributed by atoms with E-state index in [9.17, 15) is 14.4 Å². The Bertz CT molecular complexity index is 723. The molecule has 1 aromatic rings. The zero-order valence-corrected chi connectivity index (χ0v) is 15.3. The van der Waals surface area contributed by atoms with Gasteiger partial charge in [0, 0.05) is 38.0 Å². The Morgan fingerprint density at radius 3 is 2.62 bits per heavy atom. The van der Waals surface area contributed by atoms with Gasteiger partial charge in [0.2, 0.25) is 5.91 Å². The first kappa shape index (κ1) is 18.2. The summed E-state index contributed by atoms with van der Waals surface area (Å²) in [6.45, 7) is 5.10. The third-order valence-corrected chi connectivity index (χ3v) is 4.96. The number of hydrogen-bond acceptors (Lipinski definition) is 5. The molecule has 2 aliphatic heterocycles. The Balaban J connectivity index is 1.58. The number of nitrogens with zero attached hydrogens (tertiary/aromatic N) is 1. The van der Waals surface area contributed by atoms with Gasteiger partial charge in [0.15, 0.2) is 0 Å². The minimum atomic E-state index is -0.517. The molecule has 1 aromatic carbocycles. The maximum Gasteiger partial charge on any atom is 0.306 e. The van der Waals surface area contributed by atoms with Crippen LogP contribution in [-0.2, 0) is 14.3 Å². The second kappa shape index (κ2) is 7.35. The van der Waals surface area contributed by atoms with E-state index in [4.69, 9.17) is 4.74 Å². The average molecular weight is 359 g/mol. The van der Waals surface area contributed by atoms with Gasteiger partial charge < -0.3 is 20.3 Å². The summed E-state index contributed by atoms with van der Waals surface area (Å²) in [6, 6.07) is 5.78. The number of likely N-dealkylation sites (tertiary alicyclic amines) is 1. The van der Waals surface area contributed by atoms with E-state index in [2.05, 4.69) is 10.6 Å². The molecule has 1 saturated heterocycles. The van der Waals surface area contributed by atoms with Crippen LogP contribution in [0.5, 0.6) is 0 Å². The van der Waals surface area contributed by atoms with Crippen LogP contribution < -0.4 is 10.6 Å². The van der Waals surface area contributed by atoms with Crippen LogP contribution in [0.15, 0.2) is 18.2 Å². The monoisotopic (exact) mass is 359 g/mol. The number of ether oxygens (including phenoxy) is 1. The first-order chi connectivity index (χ1) is 12.4. The molecule has 7 nitrogen and oxygen atoms in total. The lowest BCUT2D eigenvalue weighted by Crippen LogP contribution is -2.62. The fourth-order valence-electron chi connectivity index (χ4n) is 3.52. The minimum absolute atomic E-state index is 0.0499. The number of hydrogen-bond donors (Lipinski definition) is 2. The number of fused-ring (bicyclic) bond motifs is 1. The normalized spacial score (nSPS) is 17.9. The average Bonchev–Trinajstić information content (AvgIpc) is 2.61. The molecule has 1 fully saturated rings. The number of rotatable bonds is 4. The highest BCUT2D eigenvalue weighted by Gasteiger charge is 2.40. The number of nitrogens with one attached hydrogen (secondary N) is 2. The van der Waals surface area contributed by atoms with E-state index in [1.807, 2.05) is 25.1 Å². The van der Waals surface area contributed by atoms with Gasteiger partial charge in [-0.3, -0.25) is 14.4 Å². The Morgan fingerprint density at radius 1 is 1.19 bits per heavy atom. The van der Waals surface area contributed by atoms with Gasteiger partial charge in [0.1, 0.15) is 5.66 Å². The maximum atomic E-state index is 12.5. The van der Waals surface area contributed by atoms with Crippen LogP contribution in [0.4, 0.5) is 5.69 Å². The highest BCUT2D eigenvalue weighted by Crippen LogP contribution is 2.32. The number of piperidine rings is 1. The van der Waals surface area contributed by atoms with Crippen molar-refractivity contribution in [2.75, 3.05) is 25.0 Å². The lowest BCUT2D eigenvalue weighted by atomic mass is 9.91. The molecule has 3 rings (SSSR count). The molecule has 2 heterocycles. The Kier molecular flexibility index (Phi) is 5.15. The van der Waals surface area contributed by atoms with E-state index in [-0.39, 0.29) is 30.6 Å². The second-order valence-electron chi connectivity index (χ2n) is 6.90. The number of esters is 1. The van der Waals surface area contributed by atoms with Crippen LogP contribution in [0, 0.1) is 6.92 Å². The molecule has 0 atom stereocenters. The summed E-state index contributed by atoms with van der Waals surface area (Å²) < 4.78 is 4.86. The van der Waals surface area contributed by atoms with E-state index in [0.717, 1.165) is 11.3 Å². The molecule has 2 aliphatic rings. The third-order valence-electron chi connectivity index (χ3n) is 4.96. The number of aryl methyl sites for hydroxylation is 1. The van der Waals surface area contributed by atoms with Crippen molar-refractivity contribution in [3.8, 4) is 0 Å². The number of amides is 2. The summed E-state index contributed by atoms with van der Waals surface area (Å²) in [7, 11) is 0. The van der Waals surface area contributed by atoms with Gasteiger partial charge in [0.05, 0.1) is 18.6 Å². The van der Waals surface area contributed by atoms with Gasteiger partial charge >= 0.3 is 5.97 Å². The van der Waals surface area contributed by atoms with Crippen molar-refractivity contribution >= 4 is 23.5 Å². The van der Waals surface area contributed by atoms with E-state index in [0.29, 0.717) is 38.1 Å². The standard InChI is InChI=1S/C19H25N3O4/c1-3-26-17(24)7-6-16(23)22-10-8-19(9-11-22)20-15-5-4-13(2)12-14(15)18(25)21-19/h4-5,12,20H,3,6-11H2,1-2H3,(H,21,25). The highest BCUT2D eigenvalue weighted by atomic mass is 16.5. The molecule has 1 spiro atoms. The smallest absolute Gasteiger partial charge is 0.306 e. The molecule has 26 heavy (non-hydrogen) atoms. The molecule has 0 aliphatic carbocycles. The van der Waals surface area contributed by atoms with Crippen LogP contribution >= 0.6 is 0 Å². The van der Waals surface area contributed by atoms with Gasteiger partial charge in [-0.05, 0) is 26.0 Å². The van der Waals surface area contributed by atoms with Crippen molar-refractivity contribution in [3.05, 3.63) is 29.3 Å². The first-order valence-electron chi connectivity index (χ1n) is 9.07. The summed E-state index contributed by atoms with van der Waals surface area (Å²) >= 11 is 0. The van der Waals surface area contributed by atoms with Gasteiger partial charge in [-0.2, -0.15) is 0 Å². The molecular weight excluding hydrogens is 334 g/mol. The van der Waals surface area contributed by atoms with E-state index in [1.165, 1.54) is 0 Å². The Labute approximate surface area is 153 Å².